The zero-order chi connectivity index (χ0) is 21.3. The van der Waals surface area contributed by atoms with Crippen molar-refractivity contribution in [2.75, 3.05) is 13.2 Å². The lowest BCUT2D eigenvalue weighted by Gasteiger charge is -2.13. The Morgan fingerprint density at radius 3 is 2.77 bits per heavy atom. The first kappa shape index (κ1) is 20.1. The second-order valence-corrected chi connectivity index (χ2v) is 6.76. The van der Waals surface area contributed by atoms with Gasteiger partial charge in [0.15, 0.2) is 11.2 Å². The number of rotatable bonds is 7. The van der Waals surface area contributed by atoms with Gasteiger partial charge in [0.25, 0.3) is 5.69 Å². The molecule has 11 nitrogen and oxygen atoms in total. The van der Waals surface area contributed by atoms with Crippen LogP contribution >= 0.6 is 0 Å². The summed E-state index contributed by atoms with van der Waals surface area (Å²) in [4.78, 5) is 21.8. The van der Waals surface area contributed by atoms with E-state index < -0.39 is 29.4 Å². The molecular weight excluding hydrogens is 401 g/mol. The van der Waals surface area contributed by atoms with E-state index in [1.165, 1.54) is 23.0 Å². The van der Waals surface area contributed by atoms with E-state index in [1.54, 1.807) is 12.1 Å². The Hall–Kier alpha value is -3.22. The number of aliphatic hydroxyl groups excluding tert-OH is 2. The van der Waals surface area contributed by atoms with Crippen molar-refractivity contribution in [2.45, 2.75) is 31.3 Å². The average molecular weight is 419 g/mol. The van der Waals surface area contributed by atoms with Crippen LogP contribution in [0.25, 0.3) is 11.2 Å². The van der Waals surface area contributed by atoms with Crippen molar-refractivity contribution in [1.29, 1.82) is 0 Å². The number of aliphatic hydroxyl groups is 2. The Balaban J connectivity index is 1.49. The van der Waals surface area contributed by atoms with Crippen molar-refractivity contribution in [2.24, 2.45) is 0 Å². The molecule has 30 heavy (non-hydrogen) atoms. The molecule has 4 rings (SSSR count). The molecular formula is C18H18FN5O6. The fourth-order valence-electron chi connectivity index (χ4n) is 3.28. The second kappa shape index (κ2) is 8.26. The van der Waals surface area contributed by atoms with Crippen LogP contribution in [0.1, 0.15) is 18.2 Å². The fourth-order valence-corrected chi connectivity index (χ4v) is 3.28. The predicted molar refractivity (Wildman–Crippen MR) is 99.2 cm³/mol. The van der Waals surface area contributed by atoms with E-state index >= 15 is 0 Å². The van der Waals surface area contributed by atoms with Crippen molar-refractivity contribution in [3.63, 3.8) is 0 Å². The molecule has 0 saturated carbocycles. The van der Waals surface area contributed by atoms with Gasteiger partial charge in [-0.1, -0.05) is 12.1 Å². The number of nitro benzene ring substituents is 1. The van der Waals surface area contributed by atoms with Gasteiger partial charge in [0, 0.05) is 25.0 Å². The maximum Gasteiger partial charge on any atom is 0.314 e. The normalized spacial score (nSPS) is 21.2. The van der Waals surface area contributed by atoms with E-state index in [1.807, 2.05) is 0 Å². The summed E-state index contributed by atoms with van der Waals surface area (Å²) in [5.74, 6) is -0.0459. The third kappa shape index (κ3) is 3.92. The van der Waals surface area contributed by atoms with Gasteiger partial charge in [-0.05, 0) is 5.56 Å². The predicted octanol–water partition coefficient (Wildman–Crippen LogP) is 1.14. The Morgan fingerprint density at radius 1 is 1.33 bits per heavy atom. The highest BCUT2D eigenvalue weighted by molar-refractivity contribution is 5.76. The molecule has 0 spiro atoms. The summed E-state index contributed by atoms with van der Waals surface area (Å²) in [6.07, 6.45) is -1.27. The van der Waals surface area contributed by atoms with Crippen LogP contribution in [0.5, 0.6) is 5.88 Å². The monoisotopic (exact) mass is 419 g/mol. The van der Waals surface area contributed by atoms with Crippen LogP contribution in [0.3, 0.4) is 0 Å². The molecule has 158 valence electrons. The quantitative estimate of drug-likeness (QED) is 0.327. The number of benzene rings is 1. The van der Waals surface area contributed by atoms with Crippen molar-refractivity contribution >= 4 is 16.9 Å². The molecule has 2 aromatic heterocycles. The molecule has 2 N–H and O–H groups in total. The minimum absolute atomic E-state index is 0.00697. The minimum Gasteiger partial charge on any atom is -0.476 e. The van der Waals surface area contributed by atoms with Crippen molar-refractivity contribution in [3.05, 3.63) is 52.3 Å². The molecule has 1 fully saturated rings. The van der Waals surface area contributed by atoms with E-state index in [9.17, 15) is 24.7 Å². The van der Waals surface area contributed by atoms with Gasteiger partial charge in [-0.3, -0.25) is 14.7 Å². The third-order valence-electron chi connectivity index (χ3n) is 4.83. The molecule has 1 aromatic carbocycles. The highest BCUT2D eigenvalue weighted by atomic mass is 19.1. The topological polar surface area (TPSA) is 146 Å². The first-order chi connectivity index (χ1) is 14.5. The van der Waals surface area contributed by atoms with Gasteiger partial charge in [-0.25, -0.2) is 4.98 Å². The number of non-ortho nitro benzene ring substituents is 1. The van der Waals surface area contributed by atoms with Crippen LogP contribution in [-0.2, 0) is 11.2 Å². The van der Waals surface area contributed by atoms with Crippen LogP contribution in [0.4, 0.5) is 10.1 Å². The average Bonchev–Trinajstić information content (AvgIpc) is 3.31. The molecule has 12 heteroatoms. The molecule has 3 atom stereocenters. The van der Waals surface area contributed by atoms with E-state index in [-0.39, 0.29) is 42.4 Å². The van der Waals surface area contributed by atoms with Crippen molar-refractivity contribution < 1.29 is 29.0 Å². The molecule has 1 aliphatic rings. The van der Waals surface area contributed by atoms with E-state index in [2.05, 4.69) is 15.0 Å². The number of fused-ring (bicyclic) bond motifs is 1. The smallest absolute Gasteiger partial charge is 0.314 e. The number of halogens is 1. The number of ether oxygens (including phenoxy) is 2. The summed E-state index contributed by atoms with van der Waals surface area (Å²) >= 11 is 0. The van der Waals surface area contributed by atoms with Gasteiger partial charge in [0.1, 0.15) is 12.3 Å². The zero-order valence-corrected chi connectivity index (χ0v) is 15.6. The molecule has 0 amide bonds. The number of nitrogens with zero attached hydrogens (tertiary/aromatic N) is 5. The lowest BCUT2D eigenvalue weighted by atomic mass is 10.1. The number of hydrogen-bond acceptors (Lipinski definition) is 9. The van der Waals surface area contributed by atoms with Crippen molar-refractivity contribution in [3.8, 4) is 5.88 Å². The lowest BCUT2D eigenvalue weighted by Crippen LogP contribution is -2.24. The maximum atomic E-state index is 14.0. The van der Waals surface area contributed by atoms with Gasteiger partial charge in [-0.2, -0.15) is 14.4 Å². The summed E-state index contributed by atoms with van der Waals surface area (Å²) < 4.78 is 26.6. The Kier molecular flexibility index (Phi) is 5.53. The first-order valence-electron chi connectivity index (χ1n) is 9.17. The molecule has 0 bridgehead atoms. The highest BCUT2D eigenvalue weighted by Gasteiger charge is 2.35. The van der Waals surface area contributed by atoms with Crippen LogP contribution in [0.2, 0.25) is 0 Å². The lowest BCUT2D eigenvalue weighted by molar-refractivity contribution is -0.384. The van der Waals surface area contributed by atoms with E-state index in [0.717, 1.165) is 5.56 Å². The van der Waals surface area contributed by atoms with Crippen LogP contribution in [0.15, 0.2) is 30.6 Å². The first-order valence-corrected chi connectivity index (χ1v) is 9.17. The summed E-state index contributed by atoms with van der Waals surface area (Å²) in [7, 11) is 0. The summed E-state index contributed by atoms with van der Waals surface area (Å²) in [6.45, 7) is -0.202. The van der Waals surface area contributed by atoms with Crippen LogP contribution in [0, 0.1) is 16.2 Å². The summed E-state index contributed by atoms with van der Waals surface area (Å²) in [6, 6.07) is 6.03. The molecule has 1 aliphatic heterocycles. The van der Waals surface area contributed by atoms with Crippen LogP contribution in [-0.4, -0.2) is 60.1 Å². The molecule has 3 aromatic rings. The van der Waals surface area contributed by atoms with Gasteiger partial charge in [-0.15, -0.1) is 0 Å². The summed E-state index contributed by atoms with van der Waals surface area (Å²) in [5, 5.41) is 29.9. The molecule has 0 radical (unpaired) electrons. The Labute approximate surface area is 168 Å². The summed E-state index contributed by atoms with van der Waals surface area (Å²) in [5.41, 5.74) is 1.17. The molecule has 0 aliphatic carbocycles. The van der Waals surface area contributed by atoms with Crippen LogP contribution < -0.4 is 4.74 Å². The number of imidazole rings is 1. The van der Waals surface area contributed by atoms with Gasteiger partial charge >= 0.3 is 6.08 Å². The fraction of sp³-hybridized carbons (Fsp3) is 0.389. The number of aromatic nitrogens is 4. The Bertz CT molecular complexity index is 1060. The molecule has 1 saturated heterocycles. The zero-order valence-electron chi connectivity index (χ0n) is 15.6. The number of nitro groups is 1. The second-order valence-electron chi connectivity index (χ2n) is 6.76. The molecule has 0 unspecified atom stereocenters. The third-order valence-corrected chi connectivity index (χ3v) is 4.83. The van der Waals surface area contributed by atoms with E-state index in [0.29, 0.717) is 6.42 Å². The van der Waals surface area contributed by atoms with Gasteiger partial charge in [0.05, 0.1) is 30.6 Å². The van der Waals surface area contributed by atoms with Gasteiger partial charge in [0.2, 0.25) is 5.88 Å². The maximum absolute atomic E-state index is 14.0. The van der Waals surface area contributed by atoms with E-state index in [4.69, 9.17) is 9.47 Å². The number of hydrogen-bond donors (Lipinski definition) is 2. The van der Waals surface area contributed by atoms with Gasteiger partial charge < -0.3 is 19.7 Å². The standard InChI is InChI=1S/C18H18FN5O6/c19-18-21-16-15(20-9-23(16)14-7-12(26)13(8-25)30-14)17(22-18)29-6-5-10-1-3-11(4-2-10)24(27)28/h1-4,9,12-14,25-26H,5-8H2/t12-,13-,14-/m1/s1. The minimum atomic E-state index is -1.01. The molecule has 3 heterocycles. The largest absolute Gasteiger partial charge is 0.476 e. The highest BCUT2D eigenvalue weighted by Crippen LogP contribution is 2.32. The SMILES string of the molecule is O=[N+]([O-])c1ccc(CCOc2nc(F)nc3c2ncn3[C@H]2C[C@@H](O)[C@@H](CO)O2)cc1. The van der Waals surface area contributed by atoms with Crippen molar-refractivity contribution in [1.82, 2.24) is 19.5 Å². The Morgan fingerprint density at radius 2 is 2.10 bits per heavy atom.